The van der Waals surface area contributed by atoms with Crippen LogP contribution >= 0.6 is 0 Å². The highest BCUT2D eigenvalue weighted by Gasteiger charge is 2.28. The summed E-state index contributed by atoms with van der Waals surface area (Å²) >= 11 is 0. The van der Waals surface area contributed by atoms with Gasteiger partial charge in [0, 0.05) is 50.7 Å². The second-order valence-electron chi connectivity index (χ2n) is 8.81. The summed E-state index contributed by atoms with van der Waals surface area (Å²) in [5.41, 5.74) is 4.32. The number of urea groups is 1. The number of amides is 2. The second-order valence-corrected chi connectivity index (χ2v) is 8.81. The number of morpholine rings is 1. The number of carbonyl (C=O) groups is 2. The maximum atomic E-state index is 12.8. The van der Waals surface area contributed by atoms with Crippen molar-refractivity contribution in [1.29, 1.82) is 0 Å². The van der Waals surface area contributed by atoms with Crippen molar-refractivity contribution in [3.05, 3.63) is 70.8 Å². The Morgan fingerprint density at radius 2 is 1.59 bits per heavy atom. The van der Waals surface area contributed by atoms with Crippen LogP contribution in [0.2, 0.25) is 0 Å². The van der Waals surface area contributed by atoms with Gasteiger partial charge in [-0.3, -0.25) is 9.69 Å². The molecule has 0 unspecified atom stereocenters. The predicted molar refractivity (Wildman–Crippen MR) is 125 cm³/mol. The summed E-state index contributed by atoms with van der Waals surface area (Å²) in [6, 6.07) is 16.0. The van der Waals surface area contributed by atoms with Crippen molar-refractivity contribution in [2.45, 2.75) is 32.9 Å². The highest BCUT2D eigenvalue weighted by atomic mass is 16.5. The van der Waals surface area contributed by atoms with Crippen LogP contribution in [-0.2, 0) is 17.8 Å². The molecular formula is C26H33N3O3. The molecule has 2 aliphatic heterocycles. The minimum atomic E-state index is -0.0487. The van der Waals surface area contributed by atoms with Crippen LogP contribution in [0.5, 0.6) is 0 Å². The molecule has 2 saturated heterocycles. The van der Waals surface area contributed by atoms with Crippen molar-refractivity contribution in [3.63, 3.8) is 0 Å². The lowest BCUT2D eigenvalue weighted by atomic mass is 9.89. The van der Waals surface area contributed by atoms with E-state index in [1.54, 1.807) is 0 Å². The summed E-state index contributed by atoms with van der Waals surface area (Å²) in [6.07, 6.45) is 1.43. The molecule has 0 radical (unpaired) electrons. The molecule has 2 fully saturated rings. The van der Waals surface area contributed by atoms with Gasteiger partial charge in [0.2, 0.25) is 0 Å². The first kappa shape index (κ1) is 22.5. The Morgan fingerprint density at radius 1 is 0.938 bits per heavy atom. The molecule has 0 bridgehead atoms. The van der Waals surface area contributed by atoms with Crippen LogP contribution in [0.4, 0.5) is 4.79 Å². The summed E-state index contributed by atoms with van der Waals surface area (Å²) in [5, 5.41) is 3.09. The topological polar surface area (TPSA) is 61.9 Å². The Morgan fingerprint density at radius 3 is 2.28 bits per heavy atom. The Hall–Kier alpha value is -2.70. The standard InChI is InChI=1S/C26H33N3O3/c1-20-6-8-21(9-7-20)25(30)22-10-12-29(13-11-22)26(31)27-18-23-4-2-3-5-24(23)19-28-14-16-32-17-15-28/h2-9,22H,10-19H2,1H3,(H,27,31). The number of hydrogen-bond acceptors (Lipinski definition) is 4. The van der Waals surface area contributed by atoms with Gasteiger partial charge in [-0.05, 0) is 30.9 Å². The van der Waals surface area contributed by atoms with Crippen molar-refractivity contribution in [1.82, 2.24) is 15.1 Å². The van der Waals surface area contributed by atoms with Gasteiger partial charge < -0.3 is 15.0 Å². The fourth-order valence-corrected chi connectivity index (χ4v) is 4.47. The minimum Gasteiger partial charge on any atom is -0.379 e. The van der Waals surface area contributed by atoms with Gasteiger partial charge in [-0.2, -0.15) is 0 Å². The number of nitrogens with one attached hydrogen (secondary N) is 1. The molecule has 2 aromatic carbocycles. The summed E-state index contributed by atoms with van der Waals surface area (Å²) in [6.45, 7) is 8.08. The minimum absolute atomic E-state index is 0.00370. The Bertz CT molecular complexity index is 914. The zero-order valence-corrected chi connectivity index (χ0v) is 18.9. The lowest BCUT2D eigenvalue weighted by Gasteiger charge is -2.31. The maximum Gasteiger partial charge on any atom is 0.317 e. The molecule has 0 aliphatic carbocycles. The van der Waals surface area contributed by atoms with Gasteiger partial charge in [0.15, 0.2) is 5.78 Å². The molecule has 0 saturated carbocycles. The first-order valence-electron chi connectivity index (χ1n) is 11.6. The number of nitrogens with zero attached hydrogens (tertiary/aromatic N) is 2. The molecule has 170 valence electrons. The Labute approximate surface area is 190 Å². The second kappa shape index (κ2) is 10.7. The summed E-state index contributed by atoms with van der Waals surface area (Å²) < 4.78 is 5.44. The van der Waals surface area contributed by atoms with Crippen molar-refractivity contribution < 1.29 is 14.3 Å². The number of likely N-dealkylation sites (tertiary alicyclic amines) is 1. The fraction of sp³-hybridized carbons (Fsp3) is 0.462. The van der Waals surface area contributed by atoms with E-state index >= 15 is 0 Å². The van der Waals surface area contributed by atoms with E-state index in [0.717, 1.165) is 49.5 Å². The predicted octanol–water partition coefficient (Wildman–Crippen LogP) is 3.63. The normalized spacial score (nSPS) is 17.8. The van der Waals surface area contributed by atoms with Crippen LogP contribution < -0.4 is 5.32 Å². The van der Waals surface area contributed by atoms with E-state index in [9.17, 15) is 9.59 Å². The zero-order chi connectivity index (χ0) is 22.3. The number of benzene rings is 2. The molecule has 0 aromatic heterocycles. The molecule has 32 heavy (non-hydrogen) atoms. The molecule has 2 amide bonds. The number of hydrogen-bond donors (Lipinski definition) is 1. The van der Waals surface area contributed by atoms with Crippen molar-refractivity contribution in [2.24, 2.45) is 5.92 Å². The summed E-state index contributed by atoms with van der Waals surface area (Å²) in [5.74, 6) is 0.193. The highest BCUT2D eigenvalue weighted by molar-refractivity contribution is 5.98. The van der Waals surface area contributed by atoms with Crippen LogP contribution in [0, 0.1) is 12.8 Å². The number of rotatable bonds is 6. The third kappa shape index (κ3) is 5.75. The van der Waals surface area contributed by atoms with Gasteiger partial charge in [0.1, 0.15) is 0 Å². The number of ether oxygens (including phenoxy) is 1. The molecule has 1 N–H and O–H groups in total. The zero-order valence-electron chi connectivity index (χ0n) is 18.9. The van der Waals surface area contributed by atoms with Crippen molar-refractivity contribution in [2.75, 3.05) is 39.4 Å². The van der Waals surface area contributed by atoms with Crippen LogP contribution in [0.3, 0.4) is 0 Å². The Balaban J connectivity index is 1.26. The largest absolute Gasteiger partial charge is 0.379 e. The van der Waals surface area contributed by atoms with Crippen LogP contribution in [-0.4, -0.2) is 61.0 Å². The van der Waals surface area contributed by atoms with E-state index in [1.165, 1.54) is 5.56 Å². The van der Waals surface area contributed by atoms with Gasteiger partial charge in [-0.25, -0.2) is 4.79 Å². The molecular weight excluding hydrogens is 402 g/mol. The Kier molecular flexibility index (Phi) is 7.55. The lowest BCUT2D eigenvalue weighted by molar-refractivity contribution is 0.0340. The van der Waals surface area contributed by atoms with E-state index in [1.807, 2.05) is 42.2 Å². The first-order chi connectivity index (χ1) is 15.6. The van der Waals surface area contributed by atoms with Gasteiger partial charge >= 0.3 is 6.03 Å². The summed E-state index contributed by atoms with van der Waals surface area (Å²) in [7, 11) is 0. The molecule has 2 aliphatic rings. The maximum absolute atomic E-state index is 12.8. The summed E-state index contributed by atoms with van der Waals surface area (Å²) in [4.78, 5) is 29.8. The number of aryl methyl sites for hydroxylation is 1. The number of piperidine rings is 1. The van der Waals surface area contributed by atoms with Gasteiger partial charge in [0.05, 0.1) is 13.2 Å². The average Bonchev–Trinajstić information content (AvgIpc) is 2.84. The van der Waals surface area contributed by atoms with Crippen LogP contribution in [0.1, 0.15) is 39.9 Å². The SMILES string of the molecule is Cc1ccc(C(=O)C2CCN(C(=O)NCc3ccccc3CN3CCOCC3)CC2)cc1. The van der Waals surface area contributed by atoms with E-state index in [-0.39, 0.29) is 17.7 Å². The van der Waals surface area contributed by atoms with E-state index in [2.05, 4.69) is 28.4 Å². The molecule has 2 aromatic rings. The van der Waals surface area contributed by atoms with Gasteiger partial charge in [-0.15, -0.1) is 0 Å². The lowest BCUT2D eigenvalue weighted by Crippen LogP contribution is -2.45. The van der Waals surface area contributed by atoms with Gasteiger partial charge in [-0.1, -0.05) is 54.1 Å². The highest BCUT2D eigenvalue weighted by Crippen LogP contribution is 2.22. The smallest absolute Gasteiger partial charge is 0.317 e. The van der Waals surface area contributed by atoms with E-state index in [0.29, 0.717) is 32.5 Å². The molecule has 6 heteroatoms. The first-order valence-corrected chi connectivity index (χ1v) is 11.6. The third-order valence-corrected chi connectivity index (χ3v) is 6.54. The van der Waals surface area contributed by atoms with E-state index < -0.39 is 0 Å². The van der Waals surface area contributed by atoms with Crippen LogP contribution in [0.15, 0.2) is 48.5 Å². The average molecular weight is 436 g/mol. The molecule has 4 rings (SSSR count). The van der Waals surface area contributed by atoms with E-state index in [4.69, 9.17) is 4.74 Å². The fourth-order valence-electron chi connectivity index (χ4n) is 4.47. The third-order valence-electron chi connectivity index (χ3n) is 6.54. The monoisotopic (exact) mass is 435 g/mol. The quantitative estimate of drug-likeness (QED) is 0.704. The van der Waals surface area contributed by atoms with Gasteiger partial charge in [0.25, 0.3) is 0 Å². The van der Waals surface area contributed by atoms with Crippen LogP contribution in [0.25, 0.3) is 0 Å². The van der Waals surface area contributed by atoms with Crippen molar-refractivity contribution >= 4 is 11.8 Å². The number of carbonyl (C=O) groups excluding carboxylic acids is 2. The molecule has 0 atom stereocenters. The molecule has 2 heterocycles. The molecule has 6 nitrogen and oxygen atoms in total. The van der Waals surface area contributed by atoms with Crippen molar-refractivity contribution in [3.8, 4) is 0 Å². The number of Topliss-reactive ketones (excluding diaryl/α,β-unsaturated/α-hetero) is 1. The molecule has 0 spiro atoms. The number of ketones is 1.